The van der Waals surface area contributed by atoms with Crippen LogP contribution in [0.25, 0.3) is 0 Å². The van der Waals surface area contributed by atoms with Crippen molar-refractivity contribution in [2.75, 3.05) is 5.32 Å². The van der Waals surface area contributed by atoms with Crippen LogP contribution in [0.3, 0.4) is 0 Å². The van der Waals surface area contributed by atoms with Crippen LogP contribution in [0.15, 0.2) is 0 Å². The largest absolute Gasteiger partial charge is 0.352 e. The van der Waals surface area contributed by atoms with Crippen molar-refractivity contribution in [2.24, 2.45) is 5.92 Å². The zero-order chi connectivity index (χ0) is 11.4. The third-order valence-corrected chi connectivity index (χ3v) is 2.66. The van der Waals surface area contributed by atoms with Crippen LogP contribution in [-0.2, 0) is 6.42 Å². The van der Waals surface area contributed by atoms with Gasteiger partial charge < -0.3 is 5.32 Å². The van der Waals surface area contributed by atoms with E-state index in [9.17, 15) is 8.78 Å². The molecule has 0 saturated heterocycles. The number of nitrogens with zero attached hydrogens (tertiary/aromatic N) is 2. The van der Waals surface area contributed by atoms with E-state index >= 15 is 0 Å². The minimum Gasteiger partial charge on any atom is -0.352 e. The fraction of sp³-hybridized carbons (Fsp3) is 0.778. The van der Waals surface area contributed by atoms with Crippen molar-refractivity contribution in [1.29, 1.82) is 0 Å². The molecule has 1 aromatic rings. The molecule has 1 aromatic heterocycles. The number of halogens is 2. The first-order valence-electron chi connectivity index (χ1n) is 4.86. The quantitative estimate of drug-likeness (QED) is 0.852. The molecule has 0 aliphatic rings. The summed E-state index contributed by atoms with van der Waals surface area (Å²) in [4.78, 5) is 0. The maximum Gasteiger partial charge on any atom is 0.258 e. The summed E-state index contributed by atoms with van der Waals surface area (Å²) < 4.78 is 24.4. The smallest absolute Gasteiger partial charge is 0.258 e. The second-order valence-corrected chi connectivity index (χ2v) is 4.93. The molecule has 0 bridgehead atoms. The van der Waals surface area contributed by atoms with Crippen LogP contribution in [0.5, 0.6) is 0 Å². The molecule has 1 rings (SSSR count). The Bertz CT molecular complexity index is 301. The van der Waals surface area contributed by atoms with Gasteiger partial charge in [0.25, 0.3) is 6.43 Å². The first-order valence-corrected chi connectivity index (χ1v) is 5.67. The van der Waals surface area contributed by atoms with Gasteiger partial charge in [-0.3, -0.25) is 0 Å². The third kappa shape index (κ3) is 4.07. The van der Waals surface area contributed by atoms with E-state index in [-0.39, 0.29) is 0 Å². The molecule has 15 heavy (non-hydrogen) atoms. The summed E-state index contributed by atoms with van der Waals surface area (Å²) in [6.07, 6.45) is -1.55. The molecule has 0 spiro atoms. The molecular formula is C9H15F2N3S. The molecular weight excluding hydrogens is 220 g/mol. The van der Waals surface area contributed by atoms with Crippen LogP contribution in [0, 0.1) is 5.92 Å². The standard InChI is InChI=1S/C9H15F2N3S/c1-5(2)4-7-13-14-9(15-7)12-6(3)8(10)11/h5-6,8H,4H2,1-3H3,(H,12,14). The molecule has 0 aliphatic heterocycles. The molecule has 0 saturated carbocycles. The first kappa shape index (κ1) is 12.3. The van der Waals surface area contributed by atoms with Gasteiger partial charge >= 0.3 is 0 Å². The number of hydrogen-bond acceptors (Lipinski definition) is 4. The summed E-state index contributed by atoms with van der Waals surface area (Å²) in [6, 6.07) is -0.884. The van der Waals surface area contributed by atoms with Crippen LogP contribution < -0.4 is 5.32 Å². The van der Waals surface area contributed by atoms with E-state index in [4.69, 9.17) is 0 Å². The zero-order valence-electron chi connectivity index (χ0n) is 9.00. The van der Waals surface area contributed by atoms with Gasteiger partial charge in [0.15, 0.2) is 0 Å². The molecule has 0 fully saturated rings. The highest BCUT2D eigenvalue weighted by atomic mass is 32.1. The van der Waals surface area contributed by atoms with E-state index < -0.39 is 12.5 Å². The summed E-state index contributed by atoms with van der Waals surface area (Å²) in [5, 5.41) is 11.7. The highest BCUT2D eigenvalue weighted by Crippen LogP contribution is 2.19. The maximum atomic E-state index is 12.2. The van der Waals surface area contributed by atoms with Gasteiger partial charge in [-0.1, -0.05) is 25.2 Å². The highest BCUT2D eigenvalue weighted by Gasteiger charge is 2.16. The number of nitrogens with one attached hydrogen (secondary N) is 1. The average Bonchev–Trinajstić information content (AvgIpc) is 2.51. The van der Waals surface area contributed by atoms with E-state index in [1.165, 1.54) is 18.3 Å². The van der Waals surface area contributed by atoms with Crippen LogP contribution in [0.1, 0.15) is 25.8 Å². The average molecular weight is 235 g/mol. The molecule has 1 atom stereocenters. The Kier molecular flexibility index (Phi) is 4.38. The third-order valence-electron chi connectivity index (χ3n) is 1.78. The van der Waals surface area contributed by atoms with E-state index in [2.05, 4.69) is 29.4 Å². The topological polar surface area (TPSA) is 37.8 Å². The van der Waals surface area contributed by atoms with Crippen LogP contribution in [0.4, 0.5) is 13.9 Å². The lowest BCUT2D eigenvalue weighted by Gasteiger charge is -2.09. The number of alkyl halides is 2. The monoisotopic (exact) mass is 235 g/mol. The molecule has 0 amide bonds. The van der Waals surface area contributed by atoms with E-state index in [1.54, 1.807) is 0 Å². The van der Waals surface area contributed by atoms with Gasteiger partial charge in [0.2, 0.25) is 5.13 Å². The van der Waals surface area contributed by atoms with E-state index in [0.717, 1.165) is 11.4 Å². The zero-order valence-corrected chi connectivity index (χ0v) is 9.81. The fourth-order valence-electron chi connectivity index (χ4n) is 1.00. The van der Waals surface area contributed by atoms with Gasteiger partial charge in [-0.25, -0.2) is 8.78 Å². The molecule has 6 heteroatoms. The molecule has 1 N–H and O–H groups in total. The number of aromatic nitrogens is 2. The van der Waals surface area contributed by atoms with Gasteiger partial charge in [-0.05, 0) is 12.8 Å². The van der Waals surface area contributed by atoms with Crippen molar-refractivity contribution in [2.45, 2.75) is 39.7 Å². The lowest BCUT2D eigenvalue weighted by Crippen LogP contribution is -2.23. The SMILES string of the molecule is CC(C)Cc1nnc(NC(C)C(F)F)s1. The molecule has 0 aromatic carbocycles. The Morgan fingerprint density at radius 2 is 1.93 bits per heavy atom. The fourth-order valence-corrected chi connectivity index (χ4v) is 2.05. The summed E-state index contributed by atoms with van der Waals surface area (Å²) in [5.41, 5.74) is 0. The van der Waals surface area contributed by atoms with E-state index in [1.807, 2.05) is 0 Å². The van der Waals surface area contributed by atoms with Gasteiger partial charge in [0.1, 0.15) is 5.01 Å². The normalized spacial score (nSPS) is 13.5. The Morgan fingerprint density at radius 3 is 2.47 bits per heavy atom. The Hall–Kier alpha value is -0.780. The predicted molar refractivity (Wildman–Crippen MR) is 57.5 cm³/mol. The lowest BCUT2D eigenvalue weighted by molar-refractivity contribution is 0.130. The van der Waals surface area contributed by atoms with Crippen molar-refractivity contribution in [1.82, 2.24) is 10.2 Å². The molecule has 0 aliphatic carbocycles. The van der Waals surface area contributed by atoms with Gasteiger partial charge in [-0.2, -0.15) is 0 Å². The van der Waals surface area contributed by atoms with Gasteiger partial charge in [-0.15, -0.1) is 10.2 Å². The summed E-state index contributed by atoms with van der Waals surface area (Å²) in [5.74, 6) is 0.498. The van der Waals surface area contributed by atoms with Crippen molar-refractivity contribution in [3.8, 4) is 0 Å². The Labute approximate surface area is 91.9 Å². The predicted octanol–water partition coefficient (Wildman–Crippen LogP) is 2.80. The number of rotatable bonds is 5. The molecule has 1 unspecified atom stereocenters. The van der Waals surface area contributed by atoms with Crippen molar-refractivity contribution < 1.29 is 8.78 Å². The number of hydrogen-bond donors (Lipinski definition) is 1. The second-order valence-electron chi connectivity index (χ2n) is 3.87. The van der Waals surface area contributed by atoms with Gasteiger partial charge in [0.05, 0.1) is 6.04 Å². The van der Waals surface area contributed by atoms with Crippen molar-refractivity contribution in [3.63, 3.8) is 0 Å². The highest BCUT2D eigenvalue weighted by molar-refractivity contribution is 7.15. The summed E-state index contributed by atoms with van der Waals surface area (Å²) in [6.45, 7) is 5.58. The summed E-state index contributed by atoms with van der Waals surface area (Å²) >= 11 is 1.34. The Balaban J connectivity index is 2.53. The molecule has 0 radical (unpaired) electrons. The molecule has 3 nitrogen and oxygen atoms in total. The van der Waals surface area contributed by atoms with Crippen LogP contribution in [0.2, 0.25) is 0 Å². The maximum absolute atomic E-state index is 12.2. The first-order chi connectivity index (χ1) is 6.99. The molecule has 1 heterocycles. The van der Waals surface area contributed by atoms with Crippen LogP contribution >= 0.6 is 11.3 Å². The lowest BCUT2D eigenvalue weighted by atomic mass is 10.1. The van der Waals surface area contributed by atoms with Gasteiger partial charge in [0, 0.05) is 6.42 Å². The molecule has 86 valence electrons. The summed E-state index contributed by atoms with van der Waals surface area (Å²) in [7, 11) is 0. The Morgan fingerprint density at radius 1 is 1.27 bits per heavy atom. The number of anilines is 1. The van der Waals surface area contributed by atoms with Crippen LogP contribution in [-0.4, -0.2) is 22.7 Å². The van der Waals surface area contributed by atoms with Crippen molar-refractivity contribution in [3.05, 3.63) is 5.01 Å². The van der Waals surface area contributed by atoms with Crippen molar-refractivity contribution >= 4 is 16.5 Å². The minimum absolute atomic E-state index is 0.471. The van der Waals surface area contributed by atoms with E-state index in [0.29, 0.717) is 11.0 Å². The minimum atomic E-state index is -2.39. The second kappa shape index (κ2) is 5.34.